The molecule has 46 nitrogen and oxygen atoms in total. The van der Waals surface area contributed by atoms with Crippen molar-refractivity contribution in [3.63, 3.8) is 0 Å². The molecule has 0 aliphatic carbocycles. The number of hydrogen-bond donors (Lipinski definition) is 23. The van der Waals surface area contributed by atoms with Crippen LogP contribution >= 0.6 is 0 Å². The fourth-order valence-electron chi connectivity index (χ4n) is 13.4. The first kappa shape index (κ1) is 90.3. The van der Waals surface area contributed by atoms with E-state index in [1.807, 2.05) is 0 Å². The molecule has 0 unspecified atom stereocenters. The molecule has 26 N–H and O–H groups in total. The molecule has 4 fully saturated rings. The van der Waals surface area contributed by atoms with Crippen molar-refractivity contribution in [2.45, 2.75) is 221 Å². The van der Waals surface area contributed by atoms with Crippen LogP contribution in [0.25, 0.3) is 0 Å². The molecule has 4 aliphatic heterocycles. The second-order valence-corrected chi connectivity index (χ2v) is 29.0. The maximum atomic E-state index is 14.8. The van der Waals surface area contributed by atoms with Crippen LogP contribution in [0, 0.1) is 11.8 Å². The number of aliphatic carboxylic acids is 2. The highest BCUT2D eigenvalue weighted by atomic mass is 16.7. The third-order valence-corrected chi connectivity index (χ3v) is 19.4. The van der Waals surface area contributed by atoms with E-state index in [-0.39, 0.29) is 76.3 Å². The van der Waals surface area contributed by atoms with Gasteiger partial charge in [0.15, 0.2) is 12.2 Å². The number of aliphatic imine (C=N–C) groups is 1. The Morgan fingerprint density at radius 1 is 0.614 bits per heavy atom. The number of β-amino-alcohol motifs (C(OH)–C–C–N with tert-alkyl or cyclic N) is 1. The van der Waals surface area contributed by atoms with E-state index >= 15 is 0 Å². The van der Waals surface area contributed by atoms with E-state index in [0.717, 1.165) is 14.7 Å². The number of imidazole rings is 3. The normalized spacial score (nSPS) is 22.6. The molecule has 19 atom stereocenters. The van der Waals surface area contributed by atoms with Crippen LogP contribution < -0.4 is 65.1 Å². The number of nitrogens with two attached hydrogens (primary N) is 3. The summed E-state index contributed by atoms with van der Waals surface area (Å²) in [6.07, 6.45) is -5.03. The van der Waals surface area contributed by atoms with Gasteiger partial charge in [-0.3, -0.25) is 67.3 Å². The Kier molecular flexibility index (Phi) is 33.5. The fraction of sp³-hybridized carbons (Fsp3) is 0.647. The molecule has 0 spiro atoms. The van der Waals surface area contributed by atoms with Gasteiger partial charge >= 0.3 is 11.9 Å². The van der Waals surface area contributed by atoms with Gasteiger partial charge in [-0.2, -0.15) is 0 Å². The number of nitrogens with one attached hydrogen (secondary N) is 12. The number of H-pyrrole nitrogens is 3. The van der Waals surface area contributed by atoms with Crippen LogP contribution in [0.1, 0.15) is 103 Å². The zero-order valence-corrected chi connectivity index (χ0v) is 63.3. The highest BCUT2D eigenvalue weighted by molar-refractivity contribution is 6.00. The van der Waals surface area contributed by atoms with Crippen LogP contribution in [-0.2, 0) is 95.9 Å². The minimum Gasteiger partial charge on any atom is -0.481 e. The van der Waals surface area contributed by atoms with Crippen molar-refractivity contribution in [2.75, 3.05) is 45.9 Å². The van der Waals surface area contributed by atoms with E-state index in [9.17, 15) is 108 Å². The largest absolute Gasteiger partial charge is 0.481 e. The molecule has 114 heavy (non-hydrogen) atoms. The summed E-state index contributed by atoms with van der Waals surface area (Å²) in [7, 11) is 0. The average molecular weight is 1610 g/mol. The summed E-state index contributed by atoms with van der Waals surface area (Å²) in [5, 5.41) is 105. The number of carboxylic acid groups (broad SMARTS) is 2. The Bertz CT molecular complexity index is 3830. The molecule has 0 saturated carbocycles. The maximum absolute atomic E-state index is 14.8. The number of carbonyl (C=O) groups excluding carboxylic acids is 12. The second-order valence-electron chi connectivity index (χ2n) is 29.0. The summed E-state index contributed by atoms with van der Waals surface area (Å²) >= 11 is 0. The molecule has 7 heterocycles. The molecule has 0 radical (unpaired) electrons. The summed E-state index contributed by atoms with van der Waals surface area (Å²) in [4.78, 5) is 222. The number of aromatic nitrogens is 6. The van der Waals surface area contributed by atoms with Gasteiger partial charge in [-0.1, -0.05) is 27.7 Å². The standard InChI is InChI=1S/C68H104N22O24/c1-30(2)12-39(57(102)80-40(13-33-19-72-27-77-33)58(103)81-41(14-34-20-73-28-78-34)59(104)84-43(66(111)112)15-35-21-74-29-79-35)82-60(105)45-9-7-11-88(45)64(109)42(18-50(96)97)83-62(107)47-17-37(113-67-54(99)53(98)48(26-92)114-67)24-89(47)49(95)22-76-56(101)44(25-91)85-61(106)46-16-36(94)23-90(46)65(110)51(31(3)4)86-63(108)52(32(5)93)87-55(100)38(69)8-6-10-75-68(70)71/h19-21,27-32,36-48,51-54,67,91-94,98-99H,6-18,22-26,69H2,1-5H3,(H,72,77)(H,73,78)(H,74,79)(H,76,101)(H,80,102)(H,81,103)(H,82,105)(H,83,107)(H,84,104)(H,85,106)(H,86,108)(H,87,100)(H,96,97)(H,111,112)(H4,70,71,75)/t32-,36-,37+,38+,39+,40+,41+,42+,43+,44+,45+,46+,47+,48+,51+,52+,53+,54-,67+/m1/s1. The number of aromatic amines is 3. The van der Waals surface area contributed by atoms with E-state index in [2.05, 4.69) is 82.7 Å². The number of guanidine groups is 1. The predicted molar refractivity (Wildman–Crippen MR) is 390 cm³/mol. The molecular formula is C68H104N22O24. The summed E-state index contributed by atoms with van der Waals surface area (Å²) in [5.74, 6) is -16.5. The van der Waals surface area contributed by atoms with Gasteiger partial charge in [0, 0.05) is 94.0 Å². The van der Waals surface area contributed by atoms with E-state index in [1.54, 1.807) is 13.8 Å². The third-order valence-electron chi connectivity index (χ3n) is 19.4. The smallest absolute Gasteiger partial charge is 0.326 e. The number of nitrogens with zero attached hydrogens (tertiary/aromatic N) is 7. The Hall–Kier alpha value is -10.9. The summed E-state index contributed by atoms with van der Waals surface area (Å²) < 4.78 is 11.4. The lowest BCUT2D eigenvalue weighted by Gasteiger charge is -2.32. The Morgan fingerprint density at radius 2 is 1.15 bits per heavy atom. The van der Waals surface area contributed by atoms with Gasteiger partial charge in [-0.05, 0) is 50.9 Å². The molecule has 4 aliphatic rings. The molecule has 0 bridgehead atoms. The van der Waals surface area contributed by atoms with Gasteiger partial charge < -0.3 is 145 Å². The monoisotopic (exact) mass is 1610 g/mol. The zero-order chi connectivity index (χ0) is 83.9. The first-order valence-electron chi connectivity index (χ1n) is 37.0. The number of likely N-dealkylation sites (tertiary alicyclic amines) is 3. The predicted octanol–water partition coefficient (Wildman–Crippen LogP) is -10.7. The average Bonchev–Trinajstić information content (AvgIpc) is 1.65. The molecule has 630 valence electrons. The Labute approximate surface area is 651 Å². The number of aliphatic hydroxyl groups is 6. The van der Waals surface area contributed by atoms with Crippen LogP contribution in [-0.4, -0.2) is 336 Å². The zero-order valence-electron chi connectivity index (χ0n) is 63.3. The third kappa shape index (κ3) is 25.3. The van der Waals surface area contributed by atoms with Crippen LogP contribution in [0.3, 0.4) is 0 Å². The van der Waals surface area contributed by atoms with Gasteiger partial charge in [-0.15, -0.1) is 0 Å². The maximum Gasteiger partial charge on any atom is 0.326 e. The first-order chi connectivity index (χ1) is 54.0. The number of amides is 12. The van der Waals surface area contributed by atoms with Crippen LogP contribution in [0.2, 0.25) is 0 Å². The molecule has 4 saturated heterocycles. The number of carbonyl (C=O) groups is 14. The lowest BCUT2D eigenvalue weighted by Crippen LogP contribution is -2.61. The van der Waals surface area contributed by atoms with Crippen LogP contribution in [0.5, 0.6) is 0 Å². The van der Waals surface area contributed by atoms with Crippen molar-refractivity contribution in [3.05, 3.63) is 54.7 Å². The van der Waals surface area contributed by atoms with E-state index in [1.165, 1.54) is 58.3 Å². The van der Waals surface area contributed by atoms with Crippen LogP contribution in [0.4, 0.5) is 0 Å². The van der Waals surface area contributed by atoms with E-state index in [0.29, 0.717) is 17.1 Å². The highest BCUT2D eigenvalue weighted by Crippen LogP contribution is 2.30. The van der Waals surface area contributed by atoms with Gasteiger partial charge in [0.05, 0.1) is 69.5 Å². The molecule has 46 heteroatoms. The quantitative estimate of drug-likeness (QED) is 0.0142. The molecular weight excluding hydrogens is 1510 g/mol. The van der Waals surface area contributed by atoms with E-state index < -0.39 is 256 Å². The summed E-state index contributed by atoms with van der Waals surface area (Å²) in [6.45, 7) is 3.64. The van der Waals surface area contributed by atoms with Gasteiger partial charge in [0.25, 0.3) is 0 Å². The van der Waals surface area contributed by atoms with Crippen LogP contribution in [0.15, 0.2) is 42.6 Å². The number of carboxylic acids is 2. The van der Waals surface area contributed by atoms with E-state index in [4.69, 9.17) is 26.7 Å². The fourth-order valence-corrected chi connectivity index (χ4v) is 13.4. The van der Waals surface area contributed by atoms with Crippen molar-refractivity contribution in [1.82, 2.24) is 92.5 Å². The van der Waals surface area contributed by atoms with Crippen molar-refractivity contribution in [1.29, 1.82) is 0 Å². The topological polar surface area (TPSA) is 714 Å². The van der Waals surface area contributed by atoms with Gasteiger partial charge in [0.2, 0.25) is 70.9 Å². The molecule has 12 amide bonds. The second kappa shape index (κ2) is 42.3. The highest BCUT2D eigenvalue weighted by Gasteiger charge is 2.50. The minimum atomic E-state index is -1.99. The van der Waals surface area contributed by atoms with Crippen molar-refractivity contribution in [2.24, 2.45) is 34.0 Å². The lowest BCUT2D eigenvalue weighted by molar-refractivity contribution is -0.191. The van der Waals surface area contributed by atoms with Gasteiger partial charge in [-0.25, -0.2) is 19.7 Å². The number of ether oxygens (including phenoxy) is 2. The number of aliphatic hydroxyl groups excluding tert-OH is 6. The number of rotatable bonds is 42. The Morgan fingerprint density at radius 3 is 1.66 bits per heavy atom. The minimum absolute atomic E-state index is 0.0598. The van der Waals surface area contributed by atoms with Crippen molar-refractivity contribution >= 4 is 88.8 Å². The summed E-state index contributed by atoms with van der Waals surface area (Å²) in [6, 6.07) is -18.8. The van der Waals surface area contributed by atoms with Gasteiger partial charge in [0.1, 0.15) is 84.8 Å². The molecule has 3 aromatic heterocycles. The number of hydrogen-bond acceptors (Lipinski definition) is 27. The SMILES string of the molecule is CC(C)C[C@H](NC(=O)[C@@H]1CCCN1C(=O)[C@H](CC(=O)O)NC(=O)[C@@H]1C[C@H](O[C@H]2O[C@@H](CO)[C@H](O)[C@H]2O)CN1C(=O)CNC(=O)[C@H](CO)NC(=O)[C@@H]1C[C@@H](O)CN1C(=O)[C@@H](NC(=O)[C@@H](NC(=O)[C@@H](N)CCCN=C(N)N)[C@@H](C)O)C(C)C)C(=O)N[C@@H](Cc1cnc[nH]1)C(=O)N[C@@H](Cc1cnc[nH]1)C(=O)N[C@@H](Cc1cnc[nH]1)C(=O)O. The van der Waals surface area contributed by atoms with Crippen molar-refractivity contribution in [3.8, 4) is 0 Å². The molecule has 7 rings (SSSR count). The lowest BCUT2D eigenvalue weighted by atomic mass is 10.0. The molecule has 3 aromatic rings. The summed E-state index contributed by atoms with van der Waals surface area (Å²) in [5.41, 5.74) is 17.7. The first-order valence-corrected chi connectivity index (χ1v) is 37.0. The Balaban J connectivity index is 1.03. The molecule has 0 aromatic carbocycles. The van der Waals surface area contributed by atoms with Crippen molar-refractivity contribution < 1.29 is 117 Å².